The van der Waals surface area contributed by atoms with Crippen molar-refractivity contribution in [2.24, 2.45) is 17.8 Å². The van der Waals surface area contributed by atoms with Crippen LogP contribution in [-0.4, -0.2) is 64.6 Å². The minimum absolute atomic E-state index is 0.0419. The van der Waals surface area contributed by atoms with Gasteiger partial charge >= 0.3 is 0 Å². The van der Waals surface area contributed by atoms with Crippen molar-refractivity contribution in [2.75, 3.05) is 19.8 Å². The molecule has 7 heteroatoms. The Hall–Kier alpha value is -0.283. The molecule has 2 saturated carbocycles. The summed E-state index contributed by atoms with van der Waals surface area (Å²) in [6.45, 7) is 11.5. The molecule has 5 fully saturated rings. The minimum atomic E-state index is -1.53. The number of rotatable bonds is 13. The highest BCUT2D eigenvalue weighted by Crippen LogP contribution is 2.61. The highest BCUT2D eigenvalue weighted by molar-refractivity contribution is 6.69. The Morgan fingerprint density at radius 2 is 1.74 bits per heavy atom. The minimum Gasteiger partial charge on any atom is -0.415 e. The summed E-state index contributed by atoms with van der Waals surface area (Å²) in [6, 6.07) is 0. The molecule has 3 saturated heterocycles. The first kappa shape index (κ1) is 29.2. The maximum atomic E-state index is 6.69. The van der Waals surface area contributed by atoms with Crippen LogP contribution in [0.2, 0.25) is 19.6 Å². The summed E-state index contributed by atoms with van der Waals surface area (Å²) in [7, 11) is -1.53. The van der Waals surface area contributed by atoms with Crippen LogP contribution in [0.1, 0.15) is 90.4 Å². The highest BCUT2D eigenvalue weighted by atomic mass is 28.4. The SMILES string of the molecule is CCCCC[C@@H](/C=C/[C@@H]1[C@H]2CC3(C[C@H]2C[C@H]1OC1CCCCO1)O[C@@H]3CO[Si](C)(C)C)OC1CCCCO1. The third-order valence-corrected chi connectivity index (χ3v) is 10.4. The number of unbranched alkanes of at least 4 members (excludes halogenated alkanes) is 2. The Morgan fingerprint density at radius 1 is 0.974 bits per heavy atom. The fraction of sp³-hybridized carbons (Fsp3) is 0.935. The second-order valence-electron chi connectivity index (χ2n) is 13.6. The van der Waals surface area contributed by atoms with E-state index in [1.54, 1.807) is 0 Å². The molecule has 3 heterocycles. The lowest BCUT2D eigenvalue weighted by Gasteiger charge is -2.30. The number of ether oxygens (including phenoxy) is 5. The summed E-state index contributed by atoms with van der Waals surface area (Å²) >= 11 is 0. The third kappa shape index (κ3) is 7.71. The molecule has 3 aliphatic heterocycles. The van der Waals surface area contributed by atoms with Gasteiger partial charge in [-0.25, -0.2) is 0 Å². The van der Waals surface area contributed by atoms with Gasteiger partial charge in [0.2, 0.25) is 0 Å². The van der Waals surface area contributed by atoms with Crippen molar-refractivity contribution in [3.8, 4) is 0 Å². The van der Waals surface area contributed by atoms with E-state index in [0.717, 1.165) is 71.2 Å². The van der Waals surface area contributed by atoms with E-state index in [4.69, 9.17) is 28.1 Å². The monoisotopic (exact) mass is 550 g/mol. The summed E-state index contributed by atoms with van der Waals surface area (Å²) in [5.74, 6) is 1.63. The maximum Gasteiger partial charge on any atom is 0.183 e. The Morgan fingerprint density at radius 3 is 2.42 bits per heavy atom. The molecule has 2 aliphatic carbocycles. The summed E-state index contributed by atoms with van der Waals surface area (Å²) in [5.41, 5.74) is 0.0420. The molecule has 5 aliphatic rings. The standard InChI is InChI=1S/C31H54O6Si/c1-5-6-7-12-24(35-29-13-8-10-17-32-29)15-16-25-26-21-31(28(37-31)22-34-38(2,3)4)20-23(26)19-27(25)36-30-14-9-11-18-33-30/h15-16,23-30H,5-14,17-22H2,1-4H3/b16-15+/t23-,24+,25-,26+,27-,28-,29?,30?,31?/m1/s1. The van der Waals surface area contributed by atoms with Gasteiger partial charge in [-0.3, -0.25) is 0 Å². The molecule has 0 bridgehead atoms. The molecule has 3 unspecified atom stereocenters. The van der Waals surface area contributed by atoms with E-state index in [-0.39, 0.29) is 36.5 Å². The van der Waals surface area contributed by atoms with E-state index in [1.807, 2.05) is 0 Å². The van der Waals surface area contributed by atoms with Crippen LogP contribution in [0.25, 0.3) is 0 Å². The van der Waals surface area contributed by atoms with Crippen LogP contribution in [-0.2, 0) is 28.1 Å². The normalized spacial score (nSPS) is 40.2. The summed E-state index contributed by atoms with van der Waals surface area (Å²) < 4.78 is 37.8. The van der Waals surface area contributed by atoms with E-state index in [1.165, 1.54) is 32.1 Å². The average molecular weight is 551 g/mol. The van der Waals surface area contributed by atoms with Gasteiger partial charge in [0.1, 0.15) is 6.10 Å². The van der Waals surface area contributed by atoms with E-state index >= 15 is 0 Å². The first-order valence-electron chi connectivity index (χ1n) is 15.9. The number of hydrogen-bond donors (Lipinski definition) is 0. The van der Waals surface area contributed by atoms with Crippen molar-refractivity contribution in [3.05, 3.63) is 12.2 Å². The zero-order valence-corrected chi connectivity index (χ0v) is 25.5. The van der Waals surface area contributed by atoms with Crippen LogP contribution in [0.5, 0.6) is 0 Å². The van der Waals surface area contributed by atoms with Gasteiger partial charge in [-0.1, -0.05) is 38.3 Å². The largest absolute Gasteiger partial charge is 0.415 e. The van der Waals surface area contributed by atoms with Crippen molar-refractivity contribution in [1.29, 1.82) is 0 Å². The molecule has 1 spiro atoms. The Labute approximate surface area is 232 Å². The lowest BCUT2D eigenvalue weighted by Crippen LogP contribution is -2.32. The van der Waals surface area contributed by atoms with Crippen LogP contribution < -0.4 is 0 Å². The molecule has 0 aromatic heterocycles. The van der Waals surface area contributed by atoms with Crippen LogP contribution in [0, 0.1) is 17.8 Å². The summed E-state index contributed by atoms with van der Waals surface area (Å²) in [4.78, 5) is 0. The molecule has 218 valence electrons. The molecule has 0 amide bonds. The highest BCUT2D eigenvalue weighted by Gasteiger charge is 2.66. The lowest BCUT2D eigenvalue weighted by molar-refractivity contribution is -0.193. The van der Waals surface area contributed by atoms with E-state index < -0.39 is 8.32 Å². The molecule has 0 radical (unpaired) electrons. The van der Waals surface area contributed by atoms with E-state index in [9.17, 15) is 0 Å². The molecular formula is C31H54O6Si. The van der Waals surface area contributed by atoms with Crippen molar-refractivity contribution < 1.29 is 28.1 Å². The van der Waals surface area contributed by atoms with Gasteiger partial charge in [0.15, 0.2) is 20.9 Å². The molecule has 6 nitrogen and oxygen atoms in total. The lowest BCUT2D eigenvalue weighted by atomic mass is 9.89. The number of fused-ring (bicyclic) bond motifs is 1. The predicted molar refractivity (Wildman–Crippen MR) is 151 cm³/mol. The number of hydrogen-bond acceptors (Lipinski definition) is 6. The topological polar surface area (TPSA) is 58.7 Å². The van der Waals surface area contributed by atoms with Crippen molar-refractivity contribution >= 4 is 8.32 Å². The second kappa shape index (κ2) is 13.1. The van der Waals surface area contributed by atoms with Gasteiger partial charge in [0.05, 0.1) is 24.4 Å². The predicted octanol–water partition coefficient (Wildman–Crippen LogP) is 6.98. The number of epoxide rings is 1. The molecule has 0 N–H and O–H groups in total. The maximum absolute atomic E-state index is 6.69. The third-order valence-electron chi connectivity index (χ3n) is 9.40. The quantitative estimate of drug-likeness (QED) is 0.107. The van der Waals surface area contributed by atoms with Crippen LogP contribution >= 0.6 is 0 Å². The fourth-order valence-corrected chi connectivity index (χ4v) is 7.95. The summed E-state index contributed by atoms with van der Waals surface area (Å²) in [6.07, 6.45) is 20.2. The molecule has 0 aromatic rings. The molecule has 0 aromatic carbocycles. The van der Waals surface area contributed by atoms with Crippen LogP contribution in [0.3, 0.4) is 0 Å². The van der Waals surface area contributed by atoms with E-state index in [2.05, 4.69) is 38.7 Å². The first-order chi connectivity index (χ1) is 18.4. The smallest absolute Gasteiger partial charge is 0.183 e. The van der Waals surface area contributed by atoms with Gasteiger partial charge < -0.3 is 28.1 Å². The molecular weight excluding hydrogens is 496 g/mol. The zero-order chi connectivity index (χ0) is 26.6. The van der Waals surface area contributed by atoms with Crippen molar-refractivity contribution in [3.63, 3.8) is 0 Å². The fourth-order valence-electron chi connectivity index (χ4n) is 7.30. The Bertz CT molecular complexity index is 758. The van der Waals surface area contributed by atoms with Gasteiger partial charge in [0.25, 0.3) is 0 Å². The molecule has 9 atom stereocenters. The first-order valence-corrected chi connectivity index (χ1v) is 19.3. The average Bonchev–Trinajstić information content (AvgIpc) is 3.31. The Kier molecular flexibility index (Phi) is 10.1. The van der Waals surface area contributed by atoms with Crippen LogP contribution in [0.15, 0.2) is 12.2 Å². The van der Waals surface area contributed by atoms with Crippen molar-refractivity contribution in [2.45, 2.75) is 147 Å². The van der Waals surface area contributed by atoms with Gasteiger partial charge in [-0.2, -0.15) is 0 Å². The van der Waals surface area contributed by atoms with Gasteiger partial charge in [-0.15, -0.1) is 0 Å². The van der Waals surface area contributed by atoms with Gasteiger partial charge in [0, 0.05) is 19.1 Å². The summed E-state index contributed by atoms with van der Waals surface area (Å²) in [5, 5.41) is 0. The van der Waals surface area contributed by atoms with Gasteiger partial charge in [-0.05, 0) is 95.7 Å². The van der Waals surface area contributed by atoms with Crippen LogP contribution in [0.4, 0.5) is 0 Å². The second-order valence-corrected chi connectivity index (χ2v) is 18.1. The van der Waals surface area contributed by atoms with E-state index in [0.29, 0.717) is 17.8 Å². The zero-order valence-electron chi connectivity index (χ0n) is 24.5. The molecule has 38 heavy (non-hydrogen) atoms. The van der Waals surface area contributed by atoms with Crippen molar-refractivity contribution in [1.82, 2.24) is 0 Å². The Balaban J connectivity index is 1.25. The molecule has 5 rings (SSSR count).